The highest BCUT2D eigenvalue weighted by Gasteiger charge is 2.24. The van der Waals surface area contributed by atoms with Gasteiger partial charge in [-0.2, -0.15) is 0 Å². The summed E-state index contributed by atoms with van der Waals surface area (Å²) in [5, 5.41) is 3.96. The average molecular weight is 360 g/mol. The Labute approximate surface area is 133 Å². The minimum Gasteiger partial charge on any atom is -0.368 e. The van der Waals surface area contributed by atoms with Gasteiger partial charge in [-0.1, -0.05) is 59.3 Å². The number of carbonyl (C=O) groups is 1. The van der Waals surface area contributed by atoms with Crippen LogP contribution in [0.1, 0.15) is 50.1 Å². The van der Waals surface area contributed by atoms with Crippen LogP contribution in [0.25, 0.3) is 0 Å². The summed E-state index contributed by atoms with van der Waals surface area (Å²) < 4.78 is 0.893. The van der Waals surface area contributed by atoms with E-state index in [0.717, 1.165) is 22.9 Å². The van der Waals surface area contributed by atoms with Crippen molar-refractivity contribution in [3.05, 3.63) is 33.3 Å². The second-order valence-corrected chi connectivity index (χ2v) is 6.68. The third-order valence-corrected chi connectivity index (χ3v) is 4.64. The molecule has 1 fully saturated rings. The molecule has 0 saturated heterocycles. The van der Waals surface area contributed by atoms with Crippen LogP contribution in [0.5, 0.6) is 0 Å². The average Bonchev–Trinajstić information content (AvgIpc) is 2.65. The number of rotatable bonds is 4. The number of carbonyl (C=O) groups excluding carboxylic acids is 1. The quantitative estimate of drug-likeness (QED) is 0.800. The number of hydrogen-bond donors (Lipinski definition) is 2. The molecule has 1 atom stereocenters. The van der Waals surface area contributed by atoms with E-state index in [1.54, 1.807) is 6.07 Å². The van der Waals surface area contributed by atoms with Crippen LogP contribution in [0, 0.1) is 0 Å². The first-order chi connectivity index (χ1) is 9.58. The maximum atomic E-state index is 11.8. The highest BCUT2D eigenvalue weighted by atomic mass is 79.9. The van der Waals surface area contributed by atoms with Gasteiger partial charge >= 0.3 is 0 Å². The molecular weight excluding hydrogens is 340 g/mol. The molecule has 0 bridgehead atoms. The van der Waals surface area contributed by atoms with Gasteiger partial charge in [-0.25, -0.2) is 0 Å². The minimum absolute atomic E-state index is 0.342. The fourth-order valence-electron chi connectivity index (χ4n) is 2.74. The van der Waals surface area contributed by atoms with Crippen molar-refractivity contribution in [1.29, 1.82) is 0 Å². The lowest BCUT2D eigenvalue weighted by atomic mass is 10.0. The number of nitrogens with two attached hydrogens (primary N) is 1. The molecule has 20 heavy (non-hydrogen) atoms. The summed E-state index contributed by atoms with van der Waals surface area (Å²) in [5.74, 6) is -0.376. The molecule has 1 saturated carbocycles. The maximum absolute atomic E-state index is 11.8. The molecule has 3 nitrogen and oxygen atoms in total. The lowest BCUT2D eigenvalue weighted by Crippen LogP contribution is -2.40. The first-order valence-electron chi connectivity index (χ1n) is 7.08. The summed E-state index contributed by atoms with van der Waals surface area (Å²) in [7, 11) is 0. The van der Waals surface area contributed by atoms with Crippen molar-refractivity contribution in [3.8, 4) is 0 Å². The van der Waals surface area contributed by atoms with E-state index in [9.17, 15) is 4.79 Å². The second-order valence-electron chi connectivity index (χ2n) is 5.36. The fraction of sp³-hybridized carbons (Fsp3) is 0.533. The zero-order chi connectivity index (χ0) is 14.5. The van der Waals surface area contributed by atoms with Gasteiger partial charge in [0.15, 0.2) is 0 Å². The number of benzene rings is 1. The van der Waals surface area contributed by atoms with Crippen LogP contribution in [0.15, 0.2) is 22.7 Å². The minimum atomic E-state index is -0.515. The summed E-state index contributed by atoms with van der Waals surface area (Å²) in [4.78, 5) is 11.8. The number of primary amides is 1. The summed E-state index contributed by atoms with van der Waals surface area (Å²) in [6, 6.07) is 5.35. The molecular formula is C15H20BrClN2O. The number of hydrogen-bond acceptors (Lipinski definition) is 2. The van der Waals surface area contributed by atoms with Gasteiger partial charge < -0.3 is 5.73 Å². The third-order valence-electron chi connectivity index (χ3n) is 3.82. The van der Waals surface area contributed by atoms with Gasteiger partial charge in [0.25, 0.3) is 0 Å². The molecule has 2 rings (SSSR count). The van der Waals surface area contributed by atoms with Gasteiger partial charge in [-0.3, -0.25) is 10.1 Å². The lowest BCUT2D eigenvalue weighted by Gasteiger charge is -2.24. The Hall–Kier alpha value is -0.580. The Morgan fingerprint density at radius 2 is 1.95 bits per heavy atom. The van der Waals surface area contributed by atoms with Crippen LogP contribution in [-0.2, 0) is 4.79 Å². The zero-order valence-electron chi connectivity index (χ0n) is 11.4. The van der Waals surface area contributed by atoms with Gasteiger partial charge in [0.05, 0.1) is 0 Å². The van der Waals surface area contributed by atoms with Crippen molar-refractivity contribution < 1.29 is 4.79 Å². The molecule has 3 N–H and O–H groups in total. The molecule has 0 radical (unpaired) electrons. The Morgan fingerprint density at radius 1 is 1.30 bits per heavy atom. The molecule has 1 unspecified atom stereocenters. The highest BCUT2D eigenvalue weighted by Crippen LogP contribution is 2.28. The molecule has 0 aromatic heterocycles. The molecule has 1 aromatic carbocycles. The summed E-state index contributed by atoms with van der Waals surface area (Å²) in [6.07, 6.45) is 7.15. The van der Waals surface area contributed by atoms with Crippen molar-refractivity contribution in [1.82, 2.24) is 5.32 Å². The van der Waals surface area contributed by atoms with E-state index in [4.69, 9.17) is 17.3 Å². The summed E-state index contributed by atoms with van der Waals surface area (Å²) >= 11 is 9.61. The second kappa shape index (κ2) is 7.43. The van der Waals surface area contributed by atoms with Gasteiger partial charge in [0.1, 0.15) is 6.04 Å². The molecule has 1 amide bonds. The Kier molecular flexibility index (Phi) is 5.87. The van der Waals surface area contributed by atoms with Crippen molar-refractivity contribution in [2.24, 2.45) is 5.73 Å². The topological polar surface area (TPSA) is 55.1 Å². The molecule has 1 aliphatic rings. The highest BCUT2D eigenvalue weighted by molar-refractivity contribution is 9.10. The molecule has 0 aliphatic heterocycles. The standard InChI is InChI=1S/C15H20BrClN2O/c16-10-7-8-12(13(17)9-10)14(15(18)20)19-11-5-3-1-2-4-6-11/h7-9,11,14,19H,1-6H2,(H2,18,20). The van der Waals surface area contributed by atoms with Gasteiger partial charge in [0, 0.05) is 15.5 Å². The SMILES string of the molecule is NC(=O)C(NC1CCCCCC1)c1ccc(Br)cc1Cl. The van der Waals surface area contributed by atoms with Crippen molar-refractivity contribution in [3.63, 3.8) is 0 Å². The smallest absolute Gasteiger partial charge is 0.239 e. The Balaban J connectivity index is 2.15. The lowest BCUT2D eigenvalue weighted by molar-refractivity contribution is -0.120. The van der Waals surface area contributed by atoms with Gasteiger partial charge in [0.2, 0.25) is 5.91 Å². The molecule has 110 valence electrons. The van der Waals surface area contributed by atoms with Crippen LogP contribution < -0.4 is 11.1 Å². The molecule has 0 heterocycles. The Morgan fingerprint density at radius 3 is 2.50 bits per heavy atom. The molecule has 1 aliphatic carbocycles. The normalized spacial score (nSPS) is 18.5. The van der Waals surface area contributed by atoms with E-state index in [1.807, 2.05) is 12.1 Å². The molecule has 5 heteroatoms. The van der Waals surface area contributed by atoms with Crippen LogP contribution in [0.3, 0.4) is 0 Å². The summed E-state index contributed by atoms with van der Waals surface area (Å²) in [6.45, 7) is 0. The van der Waals surface area contributed by atoms with Crippen molar-refractivity contribution >= 4 is 33.4 Å². The van der Waals surface area contributed by atoms with Gasteiger partial charge in [-0.05, 0) is 30.5 Å². The van der Waals surface area contributed by atoms with Crippen LogP contribution in [0.4, 0.5) is 0 Å². The largest absolute Gasteiger partial charge is 0.368 e. The van der Waals surface area contributed by atoms with E-state index in [1.165, 1.54) is 25.7 Å². The number of nitrogens with one attached hydrogen (secondary N) is 1. The van der Waals surface area contributed by atoms with E-state index in [-0.39, 0.29) is 5.91 Å². The predicted octanol–water partition coefficient (Wildman–Crippen LogP) is 3.94. The fourth-order valence-corrected chi connectivity index (χ4v) is 3.53. The van der Waals surface area contributed by atoms with E-state index < -0.39 is 6.04 Å². The van der Waals surface area contributed by atoms with E-state index in [0.29, 0.717) is 11.1 Å². The monoisotopic (exact) mass is 358 g/mol. The molecule has 0 spiro atoms. The third kappa shape index (κ3) is 4.21. The van der Waals surface area contributed by atoms with Crippen molar-refractivity contribution in [2.75, 3.05) is 0 Å². The van der Waals surface area contributed by atoms with Gasteiger partial charge in [-0.15, -0.1) is 0 Å². The van der Waals surface area contributed by atoms with Crippen LogP contribution >= 0.6 is 27.5 Å². The number of halogens is 2. The number of amides is 1. The zero-order valence-corrected chi connectivity index (χ0v) is 13.7. The molecule has 1 aromatic rings. The predicted molar refractivity (Wildman–Crippen MR) is 85.7 cm³/mol. The first-order valence-corrected chi connectivity index (χ1v) is 8.25. The van der Waals surface area contributed by atoms with Crippen molar-refractivity contribution in [2.45, 2.75) is 50.6 Å². The summed E-state index contributed by atoms with van der Waals surface area (Å²) in [5.41, 5.74) is 6.32. The van der Waals surface area contributed by atoms with E-state index >= 15 is 0 Å². The maximum Gasteiger partial charge on any atom is 0.239 e. The Bertz CT molecular complexity index is 473. The van der Waals surface area contributed by atoms with Crippen LogP contribution in [-0.4, -0.2) is 11.9 Å². The van der Waals surface area contributed by atoms with E-state index in [2.05, 4.69) is 21.2 Å². The van der Waals surface area contributed by atoms with Crippen LogP contribution in [0.2, 0.25) is 5.02 Å². The first kappa shape index (κ1) is 15.8.